The molecule has 4 nitrogen and oxygen atoms in total. The molecule has 1 N–H and O–H groups in total. The minimum Gasteiger partial charge on any atom is -0.468 e. The predicted molar refractivity (Wildman–Crippen MR) is 63.7 cm³/mol. The topological polar surface area (TPSA) is 47.6 Å². The van der Waals surface area contributed by atoms with Crippen LogP contribution in [0.3, 0.4) is 0 Å². The summed E-state index contributed by atoms with van der Waals surface area (Å²) in [6.45, 7) is 3.04. The molecule has 0 aromatic heterocycles. The maximum atomic E-state index is 11.3. The Morgan fingerprint density at radius 1 is 1.47 bits per heavy atom. The molecule has 4 heteroatoms. The largest absolute Gasteiger partial charge is 0.468 e. The molecule has 0 spiro atoms. The second-order valence-electron chi connectivity index (χ2n) is 4.16. The average molecular weight is 235 g/mol. The van der Waals surface area contributed by atoms with Gasteiger partial charge < -0.3 is 9.47 Å². The first-order valence-electron chi connectivity index (χ1n) is 5.70. The van der Waals surface area contributed by atoms with Crippen molar-refractivity contribution in [2.75, 3.05) is 20.3 Å². The van der Waals surface area contributed by atoms with Crippen LogP contribution in [0.4, 0.5) is 0 Å². The average Bonchev–Trinajstić information content (AvgIpc) is 2.39. The number of rotatable bonds is 2. The molecule has 0 radical (unpaired) electrons. The number of hydrogen-bond donors (Lipinski definition) is 1. The summed E-state index contributed by atoms with van der Waals surface area (Å²) in [6.07, 6.45) is 0.0112. The predicted octanol–water partition coefficient (Wildman–Crippen LogP) is 1.20. The Kier molecular flexibility index (Phi) is 3.76. The summed E-state index contributed by atoms with van der Waals surface area (Å²) in [5.74, 6) is -0.270. The van der Waals surface area contributed by atoms with Crippen LogP contribution in [-0.4, -0.2) is 32.3 Å². The van der Waals surface area contributed by atoms with Crippen molar-refractivity contribution in [3.8, 4) is 0 Å². The summed E-state index contributed by atoms with van der Waals surface area (Å²) in [5.41, 5.74) is 2.37. The SMILES string of the molecule is COC(=O)C1COC(c2ccccc2C)CN1. The molecule has 2 atom stereocenters. The monoisotopic (exact) mass is 235 g/mol. The van der Waals surface area contributed by atoms with Gasteiger partial charge in [0.2, 0.25) is 0 Å². The zero-order valence-electron chi connectivity index (χ0n) is 10.1. The van der Waals surface area contributed by atoms with Gasteiger partial charge >= 0.3 is 5.97 Å². The molecule has 1 aromatic carbocycles. The van der Waals surface area contributed by atoms with Gasteiger partial charge in [-0.3, -0.25) is 10.1 Å². The number of nitrogens with one attached hydrogen (secondary N) is 1. The van der Waals surface area contributed by atoms with E-state index in [1.165, 1.54) is 18.2 Å². The van der Waals surface area contributed by atoms with Gasteiger partial charge in [0.15, 0.2) is 0 Å². The van der Waals surface area contributed by atoms with E-state index in [1.54, 1.807) is 0 Å². The second-order valence-corrected chi connectivity index (χ2v) is 4.16. The number of methoxy groups -OCH3 is 1. The van der Waals surface area contributed by atoms with Crippen molar-refractivity contribution in [3.63, 3.8) is 0 Å². The summed E-state index contributed by atoms with van der Waals surface area (Å²) in [6, 6.07) is 7.77. The molecule has 0 bridgehead atoms. The Balaban J connectivity index is 2.00. The lowest BCUT2D eigenvalue weighted by molar-refractivity contribution is -0.147. The molecule has 0 amide bonds. The third-order valence-corrected chi connectivity index (χ3v) is 3.03. The molecule has 92 valence electrons. The lowest BCUT2D eigenvalue weighted by atomic mass is 10.0. The van der Waals surface area contributed by atoms with Crippen molar-refractivity contribution >= 4 is 5.97 Å². The highest BCUT2D eigenvalue weighted by molar-refractivity contribution is 5.75. The zero-order valence-corrected chi connectivity index (χ0v) is 10.1. The molecule has 2 rings (SSSR count). The lowest BCUT2D eigenvalue weighted by Crippen LogP contribution is -2.48. The fourth-order valence-corrected chi connectivity index (χ4v) is 2.02. The summed E-state index contributed by atoms with van der Waals surface area (Å²) < 4.78 is 10.4. The van der Waals surface area contributed by atoms with Crippen LogP contribution < -0.4 is 5.32 Å². The van der Waals surface area contributed by atoms with E-state index in [9.17, 15) is 4.79 Å². The van der Waals surface area contributed by atoms with E-state index in [0.29, 0.717) is 13.2 Å². The van der Waals surface area contributed by atoms with Crippen LogP contribution in [0, 0.1) is 6.92 Å². The third-order valence-electron chi connectivity index (χ3n) is 3.03. The molecule has 1 heterocycles. The lowest BCUT2D eigenvalue weighted by Gasteiger charge is -2.29. The van der Waals surface area contributed by atoms with Gasteiger partial charge in [-0.1, -0.05) is 24.3 Å². The summed E-state index contributed by atoms with van der Waals surface area (Å²) >= 11 is 0. The van der Waals surface area contributed by atoms with Gasteiger partial charge in [0.1, 0.15) is 6.04 Å². The molecule has 17 heavy (non-hydrogen) atoms. The van der Waals surface area contributed by atoms with Crippen molar-refractivity contribution in [3.05, 3.63) is 35.4 Å². The highest BCUT2D eigenvalue weighted by atomic mass is 16.5. The first kappa shape index (κ1) is 12.1. The molecule has 0 saturated carbocycles. The van der Waals surface area contributed by atoms with Gasteiger partial charge in [0.25, 0.3) is 0 Å². The number of hydrogen-bond acceptors (Lipinski definition) is 4. The molecule has 1 saturated heterocycles. The molecule has 1 aliphatic heterocycles. The standard InChI is InChI=1S/C13H17NO3/c1-9-5-3-4-6-10(9)12-7-14-11(8-17-12)13(15)16-2/h3-6,11-12,14H,7-8H2,1-2H3. The summed E-state index contributed by atoms with van der Waals surface area (Å²) in [7, 11) is 1.39. The van der Waals surface area contributed by atoms with E-state index in [1.807, 2.05) is 12.1 Å². The summed E-state index contributed by atoms with van der Waals surface area (Å²) in [5, 5.41) is 3.15. The maximum absolute atomic E-state index is 11.3. The van der Waals surface area contributed by atoms with Crippen molar-refractivity contribution in [2.24, 2.45) is 0 Å². The maximum Gasteiger partial charge on any atom is 0.325 e. The van der Waals surface area contributed by atoms with E-state index in [4.69, 9.17) is 4.74 Å². The van der Waals surface area contributed by atoms with E-state index in [2.05, 4.69) is 29.1 Å². The van der Waals surface area contributed by atoms with Gasteiger partial charge in [0, 0.05) is 6.54 Å². The van der Waals surface area contributed by atoms with Gasteiger partial charge in [-0.2, -0.15) is 0 Å². The Morgan fingerprint density at radius 3 is 2.82 bits per heavy atom. The van der Waals surface area contributed by atoms with Gasteiger partial charge in [-0.05, 0) is 18.1 Å². The first-order chi connectivity index (χ1) is 8.22. The van der Waals surface area contributed by atoms with Crippen LogP contribution in [0.1, 0.15) is 17.2 Å². The number of benzene rings is 1. The van der Waals surface area contributed by atoms with Crippen LogP contribution in [0.5, 0.6) is 0 Å². The number of ether oxygens (including phenoxy) is 2. The summed E-state index contributed by atoms with van der Waals surface area (Å²) in [4.78, 5) is 11.3. The number of carbonyl (C=O) groups excluding carboxylic acids is 1. The quantitative estimate of drug-likeness (QED) is 0.782. The normalized spacial score (nSPS) is 24.4. The van der Waals surface area contributed by atoms with Crippen LogP contribution in [0.25, 0.3) is 0 Å². The number of aryl methyl sites for hydroxylation is 1. The van der Waals surface area contributed by atoms with E-state index in [-0.39, 0.29) is 18.1 Å². The zero-order chi connectivity index (χ0) is 12.3. The number of carbonyl (C=O) groups is 1. The smallest absolute Gasteiger partial charge is 0.325 e. The molecule has 1 aliphatic rings. The van der Waals surface area contributed by atoms with Crippen LogP contribution >= 0.6 is 0 Å². The van der Waals surface area contributed by atoms with Gasteiger partial charge in [-0.25, -0.2) is 0 Å². The van der Waals surface area contributed by atoms with Gasteiger partial charge in [0.05, 0.1) is 19.8 Å². The van der Waals surface area contributed by atoms with Crippen LogP contribution in [-0.2, 0) is 14.3 Å². The van der Waals surface area contributed by atoms with Crippen molar-refractivity contribution in [2.45, 2.75) is 19.1 Å². The van der Waals surface area contributed by atoms with Crippen LogP contribution in [0.15, 0.2) is 24.3 Å². The van der Waals surface area contributed by atoms with Crippen molar-refractivity contribution in [1.82, 2.24) is 5.32 Å². The second kappa shape index (κ2) is 5.29. The molecule has 2 unspecified atom stereocenters. The molecule has 1 fully saturated rings. The Bertz CT molecular complexity index is 397. The Hall–Kier alpha value is -1.39. The molecule has 0 aliphatic carbocycles. The fourth-order valence-electron chi connectivity index (χ4n) is 2.02. The number of morpholine rings is 1. The van der Waals surface area contributed by atoms with Gasteiger partial charge in [-0.15, -0.1) is 0 Å². The minimum atomic E-state index is -0.347. The third kappa shape index (κ3) is 2.65. The Morgan fingerprint density at radius 2 is 2.24 bits per heavy atom. The van der Waals surface area contributed by atoms with E-state index < -0.39 is 0 Å². The van der Waals surface area contributed by atoms with E-state index in [0.717, 1.165) is 0 Å². The highest BCUT2D eigenvalue weighted by Crippen LogP contribution is 2.23. The first-order valence-corrected chi connectivity index (χ1v) is 5.70. The minimum absolute atomic E-state index is 0.0112. The van der Waals surface area contributed by atoms with Crippen molar-refractivity contribution in [1.29, 1.82) is 0 Å². The van der Waals surface area contributed by atoms with Crippen LogP contribution in [0.2, 0.25) is 0 Å². The fraction of sp³-hybridized carbons (Fsp3) is 0.462. The Labute approximate surface area is 101 Å². The number of esters is 1. The van der Waals surface area contributed by atoms with E-state index >= 15 is 0 Å². The molecular formula is C13H17NO3. The molecule has 1 aromatic rings. The highest BCUT2D eigenvalue weighted by Gasteiger charge is 2.28. The van der Waals surface area contributed by atoms with Crippen molar-refractivity contribution < 1.29 is 14.3 Å². The molecular weight excluding hydrogens is 218 g/mol.